The van der Waals surface area contributed by atoms with E-state index in [2.05, 4.69) is 0 Å². The number of hydrogen-bond donors (Lipinski definition) is 3. The van der Waals surface area contributed by atoms with Gasteiger partial charge < -0.3 is 16.6 Å². The van der Waals surface area contributed by atoms with Crippen LogP contribution in [0, 0.1) is 0 Å². The van der Waals surface area contributed by atoms with Gasteiger partial charge in [0.05, 0.1) is 6.04 Å². The summed E-state index contributed by atoms with van der Waals surface area (Å²) in [5, 5.41) is 8.59. The van der Waals surface area contributed by atoms with Crippen molar-refractivity contribution in [2.75, 3.05) is 0 Å². The largest absolute Gasteiger partial charge is 0.480 e. The van der Waals surface area contributed by atoms with E-state index < -0.39 is 18.1 Å². The van der Waals surface area contributed by atoms with Crippen LogP contribution in [0.3, 0.4) is 0 Å². The van der Waals surface area contributed by atoms with Crippen LogP contribution >= 0.6 is 0 Å². The maximum Gasteiger partial charge on any atom is 0.320 e. The molecule has 0 aliphatic heterocycles. The highest BCUT2D eigenvalue weighted by Gasteiger charge is 2.21. The van der Waals surface area contributed by atoms with Crippen molar-refractivity contribution in [1.29, 1.82) is 0 Å². The van der Waals surface area contributed by atoms with E-state index in [0.29, 0.717) is 5.56 Å². The summed E-state index contributed by atoms with van der Waals surface area (Å²) in [5.41, 5.74) is 11.4. The molecule has 0 aliphatic carbocycles. The topological polar surface area (TPSA) is 106 Å². The molecule has 0 fully saturated rings. The summed E-state index contributed by atoms with van der Waals surface area (Å²) < 4.78 is 0. The van der Waals surface area contributed by atoms with Gasteiger partial charge >= 0.3 is 5.97 Å². The number of carboxylic acids is 1. The van der Waals surface area contributed by atoms with Crippen molar-refractivity contribution in [3.63, 3.8) is 0 Å². The SMILES string of the molecule is NC(CC(N)C(=O)c1ccccc1)C(=O)O. The molecule has 0 saturated carbocycles. The number of ketones is 1. The number of carbonyl (C=O) groups is 2. The summed E-state index contributed by atoms with van der Waals surface area (Å²) >= 11 is 0. The molecule has 1 aromatic carbocycles. The predicted molar refractivity (Wildman–Crippen MR) is 59.0 cm³/mol. The number of carbonyl (C=O) groups excluding carboxylic acids is 1. The zero-order chi connectivity index (χ0) is 12.1. The van der Waals surface area contributed by atoms with E-state index in [1.165, 1.54) is 0 Å². The molecule has 5 nitrogen and oxygen atoms in total. The Bertz CT molecular complexity index is 378. The van der Waals surface area contributed by atoms with E-state index in [4.69, 9.17) is 16.6 Å². The second kappa shape index (κ2) is 5.39. The van der Waals surface area contributed by atoms with Gasteiger partial charge in [-0.05, 0) is 6.42 Å². The average molecular weight is 222 g/mol. The Balaban J connectivity index is 2.65. The van der Waals surface area contributed by atoms with Gasteiger partial charge in [0.25, 0.3) is 0 Å². The molecule has 0 bridgehead atoms. The fourth-order valence-electron chi connectivity index (χ4n) is 1.30. The first-order chi connectivity index (χ1) is 7.52. The lowest BCUT2D eigenvalue weighted by atomic mass is 9.99. The van der Waals surface area contributed by atoms with Crippen molar-refractivity contribution < 1.29 is 14.7 Å². The van der Waals surface area contributed by atoms with E-state index in [1.807, 2.05) is 0 Å². The van der Waals surface area contributed by atoms with Crippen molar-refractivity contribution in [2.24, 2.45) is 11.5 Å². The minimum atomic E-state index is -1.16. The van der Waals surface area contributed by atoms with Gasteiger partial charge in [0.1, 0.15) is 6.04 Å². The predicted octanol–water partition coefficient (Wildman–Crippen LogP) is -0.00140. The van der Waals surface area contributed by atoms with Crippen molar-refractivity contribution in [3.8, 4) is 0 Å². The summed E-state index contributed by atoms with van der Waals surface area (Å²) in [6.45, 7) is 0. The summed E-state index contributed by atoms with van der Waals surface area (Å²) in [5.74, 6) is -1.45. The van der Waals surface area contributed by atoms with Gasteiger partial charge in [-0.25, -0.2) is 0 Å². The number of benzene rings is 1. The van der Waals surface area contributed by atoms with Crippen molar-refractivity contribution in [1.82, 2.24) is 0 Å². The van der Waals surface area contributed by atoms with Crippen LogP contribution in [-0.4, -0.2) is 28.9 Å². The average Bonchev–Trinajstić information content (AvgIpc) is 2.28. The highest BCUT2D eigenvalue weighted by atomic mass is 16.4. The molecule has 0 amide bonds. The maximum atomic E-state index is 11.7. The number of rotatable bonds is 5. The molecule has 16 heavy (non-hydrogen) atoms. The maximum absolute atomic E-state index is 11.7. The Morgan fingerprint density at radius 2 is 1.69 bits per heavy atom. The van der Waals surface area contributed by atoms with Crippen LogP contribution < -0.4 is 11.5 Å². The van der Waals surface area contributed by atoms with Gasteiger partial charge in [0.15, 0.2) is 5.78 Å². The molecule has 1 rings (SSSR count). The Morgan fingerprint density at radius 3 is 2.19 bits per heavy atom. The molecule has 5 N–H and O–H groups in total. The van der Waals surface area contributed by atoms with E-state index in [-0.39, 0.29) is 12.2 Å². The fourth-order valence-corrected chi connectivity index (χ4v) is 1.30. The Kier molecular flexibility index (Phi) is 4.16. The van der Waals surface area contributed by atoms with E-state index in [0.717, 1.165) is 0 Å². The summed E-state index contributed by atoms with van der Waals surface area (Å²) in [4.78, 5) is 22.2. The van der Waals surface area contributed by atoms with Crippen LogP contribution in [0.5, 0.6) is 0 Å². The van der Waals surface area contributed by atoms with E-state index in [9.17, 15) is 9.59 Å². The first-order valence-corrected chi connectivity index (χ1v) is 4.85. The van der Waals surface area contributed by atoms with Gasteiger partial charge in [0, 0.05) is 5.56 Å². The summed E-state index contributed by atoms with van der Waals surface area (Å²) in [6, 6.07) is 6.50. The van der Waals surface area contributed by atoms with Crippen LogP contribution in [0.4, 0.5) is 0 Å². The van der Waals surface area contributed by atoms with Crippen LogP contribution in [0.15, 0.2) is 30.3 Å². The molecule has 0 heterocycles. The van der Waals surface area contributed by atoms with Crippen LogP contribution in [0.25, 0.3) is 0 Å². The van der Waals surface area contributed by atoms with E-state index >= 15 is 0 Å². The molecule has 2 atom stereocenters. The van der Waals surface area contributed by atoms with Gasteiger partial charge in [-0.15, -0.1) is 0 Å². The lowest BCUT2D eigenvalue weighted by molar-refractivity contribution is -0.138. The third-order valence-corrected chi connectivity index (χ3v) is 2.22. The monoisotopic (exact) mass is 222 g/mol. The molecular weight excluding hydrogens is 208 g/mol. The Labute approximate surface area is 93.1 Å². The molecule has 2 unspecified atom stereocenters. The zero-order valence-corrected chi connectivity index (χ0v) is 8.67. The number of Topliss-reactive ketones (excluding diaryl/α,β-unsaturated/α-hetero) is 1. The van der Waals surface area contributed by atoms with Crippen molar-refractivity contribution in [3.05, 3.63) is 35.9 Å². The zero-order valence-electron chi connectivity index (χ0n) is 8.67. The second-order valence-corrected chi connectivity index (χ2v) is 3.52. The summed E-state index contributed by atoms with van der Waals surface area (Å²) in [7, 11) is 0. The van der Waals surface area contributed by atoms with Gasteiger partial charge in [-0.1, -0.05) is 30.3 Å². The normalized spacial score (nSPS) is 14.1. The minimum absolute atomic E-state index is 0.0664. The number of hydrogen-bond acceptors (Lipinski definition) is 4. The van der Waals surface area contributed by atoms with Crippen LogP contribution in [0.1, 0.15) is 16.8 Å². The molecule has 5 heteroatoms. The van der Waals surface area contributed by atoms with Gasteiger partial charge in [-0.2, -0.15) is 0 Å². The number of carboxylic acid groups (broad SMARTS) is 1. The molecule has 0 saturated heterocycles. The fraction of sp³-hybridized carbons (Fsp3) is 0.273. The van der Waals surface area contributed by atoms with Crippen LogP contribution in [0.2, 0.25) is 0 Å². The quantitative estimate of drug-likeness (QED) is 0.608. The molecule has 0 aromatic heterocycles. The second-order valence-electron chi connectivity index (χ2n) is 3.52. The minimum Gasteiger partial charge on any atom is -0.480 e. The smallest absolute Gasteiger partial charge is 0.320 e. The number of aliphatic carboxylic acids is 1. The summed E-state index contributed by atoms with van der Waals surface area (Å²) in [6.07, 6.45) is -0.0664. The highest BCUT2D eigenvalue weighted by molar-refractivity contribution is 6.00. The Hall–Kier alpha value is -1.72. The molecular formula is C11H14N2O3. The third kappa shape index (κ3) is 3.15. The molecule has 0 radical (unpaired) electrons. The Morgan fingerprint density at radius 1 is 1.12 bits per heavy atom. The standard InChI is InChI=1S/C11H14N2O3/c12-8(6-9(13)11(15)16)10(14)7-4-2-1-3-5-7/h1-5,8-9H,6,12-13H2,(H,15,16). The molecule has 0 aliphatic rings. The molecule has 0 spiro atoms. The first kappa shape index (κ1) is 12.4. The van der Waals surface area contributed by atoms with Gasteiger partial charge in [-0.3, -0.25) is 9.59 Å². The first-order valence-electron chi connectivity index (χ1n) is 4.85. The van der Waals surface area contributed by atoms with Gasteiger partial charge in [0.2, 0.25) is 0 Å². The lowest BCUT2D eigenvalue weighted by Crippen LogP contribution is -2.41. The highest BCUT2D eigenvalue weighted by Crippen LogP contribution is 2.05. The van der Waals surface area contributed by atoms with Crippen LogP contribution in [-0.2, 0) is 4.79 Å². The van der Waals surface area contributed by atoms with E-state index in [1.54, 1.807) is 30.3 Å². The molecule has 1 aromatic rings. The van der Waals surface area contributed by atoms with Crippen molar-refractivity contribution in [2.45, 2.75) is 18.5 Å². The third-order valence-electron chi connectivity index (χ3n) is 2.22. The number of nitrogens with two attached hydrogens (primary N) is 2. The molecule has 86 valence electrons. The lowest BCUT2D eigenvalue weighted by Gasteiger charge is -2.13. The van der Waals surface area contributed by atoms with Crippen molar-refractivity contribution >= 4 is 11.8 Å².